The summed E-state index contributed by atoms with van der Waals surface area (Å²) in [7, 11) is 0. The van der Waals surface area contributed by atoms with Gasteiger partial charge in [-0.25, -0.2) is 0 Å². The smallest absolute Gasteiger partial charge is 0.307 e. The molecule has 2 atom stereocenters. The number of pyridine rings is 1. The summed E-state index contributed by atoms with van der Waals surface area (Å²) in [6.45, 7) is 0. The first-order chi connectivity index (χ1) is 7.09. The molecule has 1 heterocycles. The van der Waals surface area contributed by atoms with Crippen molar-refractivity contribution in [3.63, 3.8) is 0 Å². The number of aliphatic carboxylic acids is 1. The first kappa shape index (κ1) is 9.57. The fourth-order valence-electron chi connectivity index (χ4n) is 1.52. The van der Waals surface area contributed by atoms with E-state index in [0.717, 1.165) is 6.20 Å². The van der Waals surface area contributed by atoms with Gasteiger partial charge in [-0.1, -0.05) is 0 Å². The van der Waals surface area contributed by atoms with Crippen molar-refractivity contribution in [2.45, 2.75) is 12.3 Å². The highest BCUT2D eigenvalue weighted by molar-refractivity contribution is 5.75. The number of carboxylic acids is 1. The summed E-state index contributed by atoms with van der Waals surface area (Å²) in [6.07, 6.45) is 1.73. The molecule has 2 rings (SSSR count). The maximum Gasteiger partial charge on any atom is 0.307 e. The summed E-state index contributed by atoms with van der Waals surface area (Å²) in [4.78, 5) is 24.3. The molecular weight excluding hydrogens is 200 g/mol. The normalized spacial score (nSPS) is 23.5. The van der Waals surface area contributed by atoms with Crippen molar-refractivity contribution in [1.29, 1.82) is 0 Å². The predicted molar refractivity (Wildman–Crippen MR) is 49.4 cm³/mol. The van der Waals surface area contributed by atoms with Gasteiger partial charge in [-0.2, -0.15) is 0 Å². The molecule has 0 amide bonds. The Morgan fingerprint density at radius 3 is 2.73 bits per heavy atom. The number of nitrogens with zero attached hydrogens (tertiary/aromatic N) is 2. The number of hydrogen-bond donors (Lipinski definition) is 1. The van der Waals surface area contributed by atoms with Gasteiger partial charge in [-0.3, -0.25) is 19.9 Å². The third-order valence-corrected chi connectivity index (χ3v) is 2.47. The van der Waals surface area contributed by atoms with Crippen molar-refractivity contribution in [3.05, 3.63) is 34.1 Å². The van der Waals surface area contributed by atoms with E-state index in [-0.39, 0.29) is 17.5 Å². The second-order valence-electron chi connectivity index (χ2n) is 3.49. The van der Waals surface area contributed by atoms with Crippen LogP contribution in [0, 0.1) is 16.0 Å². The molecule has 0 spiro atoms. The average Bonchev–Trinajstić information content (AvgIpc) is 2.97. The molecule has 0 radical (unpaired) electrons. The van der Waals surface area contributed by atoms with Crippen molar-refractivity contribution in [2.24, 2.45) is 5.92 Å². The molecule has 1 aliphatic carbocycles. The molecule has 6 nitrogen and oxygen atoms in total. The number of carboxylic acid groups (broad SMARTS) is 1. The van der Waals surface area contributed by atoms with Gasteiger partial charge in [-0.15, -0.1) is 0 Å². The van der Waals surface area contributed by atoms with Crippen molar-refractivity contribution >= 4 is 11.7 Å². The van der Waals surface area contributed by atoms with E-state index in [9.17, 15) is 14.9 Å². The van der Waals surface area contributed by atoms with Crippen LogP contribution in [0.4, 0.5) is 5.69 Å². The Kier molecular flexibility index (Phi) is 2.11. The highest BCUT2D eigenvalue weighted by Crippen LogP contribution is 2.46. The first-order valence-corrected chi connectivity index (χ1v) is 4.42. The number of nitro groups is 1. The van der Waals surface area contributed by atoms with Gasteiger partial charge in [0, 0.05) is 17.7 Å². The first-order valence-electron chi connectivity index (χ1n) is 4.42. The Labute approximate surface area is 84.7 Å². The topological polar surface area (TPSA) is 93.3 Å². The monoisotopic (exact) mass is 208 g/mol. The van der Waals surface area contributed by atoms with E-state index in [1.807, 2.05) is 0 Å². The minimum atomic E-state index is -0.833. The minimum absolute atomic E-state index is 0.0775. The zero-order valence-electron chi connectivity index (χ0n) is 7.66. The molecular formula is C9H8N2O4. The molecule has 1 aromatic rings. The summed E-state index contributed by atoms with van der Waals surface area (Å²) in [5, 5.41) is 19.0. The SMILES string of the molecule is O=C(O)C1CC1c1ccc([N+](=O)[O-])cn1. The molecule has 15 heavy (non-hydrogen) atoms. The highest BCUT2D eigenvalue weighted by Gasteiger charge is 2.45. The van der Waals surface area contributed by atoms with Gasteiger partial charge in [0.1, 0.15) is 6.20 Å². The van der Waals surface area contributed by atoms with Gasteiger partial charge < -0.3 is 5.11 Å². The molecule has 1 aliphatic rings. The minimum Gasteiger partial charge on any atom is -0.481 e. The maximum absolute atomic E-state index is 10.6. The van der Waals surface area contributed by atoms with E-state index >= 15 is 0 Å². The lowest BCUT2D eigenvalue weighted by Gasteiger charge is -1.96. The third kappa shape index (κ3) is 1.78. The van der Waals surface area contributed by atoms with Crippen LogP contribution in [0.2, 0.25) is 0 Å². The molecule has 1 aromatic heterocycles. The summed E-state index contributed by atoms with van der Waals surface area (Å²) in [5.74, 6) is -1.29. The molecule has 1 fully saturated rings. The Bertz CT molecular complexity index is 415. The summed E-state index contributed by atoms with van der Waals surface area (Å²) < 4.78 is 0. The Hall–Kier alpha value is -1.98. The maximum atomic E-state index is 10.6. The number of hydrogen-bond acceptors (Lipinski definition) is 4. The standard InChI is InChI=1S/C9H8N2O4/c12-9(13)7-3-6(7)8-2-1-5(4-10-8)11(14)15/h1-2,4,6-7H,3H2,(H,12,13). The van der Waals surface area contributed by atoms with Crippen LogP contribution in [0.15, 0.2) is 18.3 Å². The Morgan fingerprint density at radius 2 is 2.33 bits per heavy atom. The van der Waals surface area contributed by atoms with Gasteiger partial charge in [0.15, 0.2) is 0 Å². The lowest BCUT2D eigenvalue weighted by molar-refractivity contribution is -0.385. The lowest BCUT2D eigenvalue weighted by Crippen LogP contribution is -2.00. The zero-order valence-corrected chi connectivity index (χ0v) is 7.66. The molecule has 1 saturated carbocycles. The summed E-state index contributed by atoms with van der Waals surface area (Å²) in [5.41, 5.74) is 0.541. The van der Waals surface area contributed by atoms with E-state index in [1.165, 1.54) is 12.1 Å². The second-order valence-corrected chi connectivity index (χ2v) is 3.49. The van der Waals surface area contributed by atoms with Crippen LogP contribution >= 0.6 is 0 Å². The van der Waals surface area contributed by atoms with E-state index < -0.39 is 10.9 Å². The fraction of sp³-hybridized carbons (Fsp3) is 0.333. The third-order valence-electron chi connectivity index (χ3n) is 2.47. The molecule has 1 N–H and O–H groups in total. The highest BCUT2D eigenvalue weighted by atomic mass is 16.6. The van der Waals surface area contributed by atoms with Crippen LogP contribution in [-0.2, 0) is 4.79 Å². The van der Waals surface area contributed by atoms with Crippen LogP contribution in [0.5, 0.6) is 0 Å². The van der Waals surface area contributed by atoms with Crippen LogP contribution in [-0.4, -0.2) is 21.0 Å². The fourth-order valence-corrected chi connectivity index (χ4v) is 1.52. The summed E-state index contributed by atoms with van der Waals surface area (Å²) >= 11 is 0. The number of rotatable bonds is 3. The van der Waals surface area contributed by atoms with E-state index in [4.69, 9.17) is 5.11 Å². The molecule has 0 saturated heterocycles. The molecule has 0 aromatic carbocycles. The largest absolute Gasteiger partial charge is 0.481 e. The van der Waals surface area contributed by atoms with Crippen molar-refractivity contribution in [1.82, 2.24) is 4.98 Å². The number of aromatic nitrogens is 1. The predicted octanol–water partition coefficient (Wildman–Crippen LogP) is 1.18. The van der Waals surface area contributed by atoms with Gasteiger partial charge in [-0.05, 0) is 12.5 Å². The van der Waals surface area contributed by atoms with Gasteiger partial charge >= 0.3 is 5.97 Å². The molecule has 0 aliphatic heterocycles. The number of carbonyl (C=O) groups is 1. The lowest BCUT2D eigenvalue weighted by atomic mass is 10.2. The van der Waals surface area contributed by atoms with Crippen molar-refractivity contribution in [3.8, 4) is 0 Å². The van der Waals surface area contributed by atoms with Crippen LogP contribution < -0.4 is 0 Å². The van der Waals surface area contributed by atoms with E-state index in [1.54, 1.807) is 0 Å². The van der Waals surface area contributed by atoms with Crippen molar-refractivity contribution < 1.29 is 14.8 Å². The Balaban J connectivity index is 2.12. The van der Waals surface area contributed by atoms with Gasteiger partial charge in [0.2, 0.25) is 0 Å². The molecule has 6 heteroatoms. The summed E-state index contributed by atoms with van der Waals surface area (Å²) in [6, 6.07) is 2.87. The molecule has 78 valence electrons. The average molecular weight is 208 g/mol. The Morgan fingerprint density at radius 1 is 1.60 bits per heavy atom. The molecule has 2 unspecified atom stereocenters. The van der Waals surface area contributed by atoms with Crippen LogP contribution in [0.25, 0.3) is 0 Å². The quantitative estimate of drug-likeness (QED) is 0.594. The van der Waals surface area contributed by atoms with E-state index in [2.05, 4.69) is 4.98 Å². The zero-order chi connectivity index (χ0) is 11.0. The van der Waals surface area contributed by atoms with Gasteiger partial charge in [0.25, 0.3) is 5.69 Å². The van der Waals surface area contributed by atoms with Crippen LogP contribution in [0.3, 0.4) is 0 Å². The van der Waals surface area contributed by atoms with E-state index in [0.29, 0.717) is 12.1 Å². The van der Waals surface area contributed by atoms with Gasteiger partial charge in [0.05, 0.1) is 10.8 Å². The van der Waals surface area contributed by atoms with Crippen LogP contribution in [0.1, 0.15) is 18.0 Å². The van der Waals surface area contributed by atoms with Crippen molar-refractivity contribution in [2.75, 3.05) is 0 Å². The molecule has 0 bridgehead atoms. The second kappa shape index (κ2) is 3.30.